The lowest BCUT2D eigenvalue weighted by molar-refractivity contribution is -0.131. The van der Waals surface area contributed by atoms with Crippen LogP contribution in [0.2, 0.25) is 0 Å². The summed E-state index contributed by atoms with van der Waals surface area (Å²) in [5, 5.41) is 20.8. The Balaban J connectivity index is 1.57. The van der Waals surface area contributed by atoms with Crippen LogP contribution in [-0.4, -0.2) is 60.2 Å². The van der Waals surface area contributed by atoms with Gasteiger partial charge in [0.1, 0.15) is 18.7 Å². The van der Waals surface area contributed by atoms with Crippen molar-refractivity contribution in [1.29, 1.82) is 0 Å². The molecule has 10 nitrogen and oxygen atoms in total. The van der Waals surface area contributed by atoms with Crippen molar-refractivity contribution in [2.75, 3.05) is 13.2 Å². The van der Waals surface area contributed by atoms with Gasteiger partial charge in [0.05, 0.1) is 12.6 Å². The Labute approximate surface area is 211 Å². The monoisotopic (exact) mass is 502 g/mol. The number of carbonyl (C=O) groups is 4. The normalized spacial score (nSPS) is 19.7. The molecule has 4 atom stereocenters. The summed E-state index contributed by atoms with van der Waals surface area (Å²) >= 11 is 0. The van der Waals surface area contributed by atoms with Crippen molar-refractivity contribution in [3.8, 4) is 0 Å². The van der Waals surface area contributed by atoms with Crippen molar-refractivity contribution in [3.05, 3.63) is 35.9 Å². The van der Waals surface area contributed by atoms with Crippen molar-refractivity contribution in [2.45, 2.75) is 70.7 Å². The number of aliphatic hydroxyl groups is 1. The molecule has 0 radical (unpaired) electrons. The summed E-state index contributed by atoms with van der Waals surface area (Å²) in [6.45, 7) is 3.96. The van der Waals surface area contributed by atoms with Crippen molar-refractivity contribution < 1.29 is 29.0 Å². The maximum Gasteiger partial charge on any atom is 0.408 e. The predicted octanol–water partition coefficient (Wildman–Crippen LogP) is 1.23. The zero-order chi connectivity index (χ0) is 26.1. The smallest absolute Gasteiger partial charge is 0.408 e. The van der Waals surface area contributed by atoms with Crippen LogP contribution < -0.4 is 21.3 Å². The molecule has 4 amide bonds. The molecular formula is C26H38N4O6. The Bertz CT molecular complexity index is 905. The van der Waals surface area contributed by atoms with Crippen LogP contribution in [0.4, 0.5) is 4.79 Å². The standard InChI is InChI=1S/C26H38N4O6/c1-16(2)22(30-26(35)36-15-18-6-4-3-5-7-18)25(34)29-21(12-17-8-9-17)24(33)28-20(14-31)13-19-10-11-27-23(19)32/h3-7,16-17,19-22,31H,8-15H2,1-2H3,(H,27,32)(H,28,33)(H,29,34)(H,30,35)/t19-,20-,21-,22-/m0/s1. The molecule has 1 aliphatic carbocycles. The number of nitrogens with one attached hydrogen (secondary N) is 4. The first-order valence-electron chi connectivity index (χ1n) is 12.7. The number of ether oxygens (including phenoxy) is 1. The summed E-state index contributed by atoms with van der Waals surface area (Å²) in [5.41, 5.74) is 0.827. The fraction of sp³-hybridized carbons (Fsp3) is 0.615. The van der Waals surface area contributed by atoms with E-state index < -0.39 is 36.0 Å². The first-order chi connectivity index (χ1) is 17.3. The Kier molecular flexibility index (Phi) is 10.1. The van der Waals surface area contributed by atoms with Gasteiger partial charge in [0.25, 0.3) is 0 Å². The quantitative estimate of drug-likeness (QED) is 0.274. The summed E-state index contributed by atoms with van der Waals surface area (Å²) in [7, 11) is 0. The van der Waals surface area contributed by atoms with Crippen LogP contribution in [0.3, 0.4) is 0 Å². The van der Waals surface area contributed by atoms with Gasteiger partial charge in [-0.15, -0.1) is 0 Å². The van der Waals surface area contributed by atoms with E-state index in [0.29, 0.717) is 31.7 Å². The Morgan fingerprint density at radius 1 is 1.03 bits per heavy atom. The molecule has 0 unspecified atom stereocenters. The van der Waals surface area contributed by atoms with Gasteiger partial charge in [-0.05, 0) is 36.7 Å². The second-order valence-corrected chi connectivity index (χ2v) is 10.1. The molecule has 0 spiro atoms. The summed E-state index contributed by atoms with van der Waals surface area (Å²) in [6.07, 6.45) is 2.73. The summed E-state index contributed by atoms with van der Waals surface area (Å²) in [5.74, 6) is -1.11. The number of aliphatic hydroxyl groups excluding tert-OH is 1. The minimum absolute atomic E-state index is 0.0736. The highest BCUT2D eigenvalue weighted by Crippen LogP contribution is 2.33. The highest BCUT2D eigenvalue weighted by molar-refractivity contribution is 5.91. The van der Waals surface area contributed by atoms with Gasteiger partial charge in [-0.25, -0.2) is 4.79 Å². The fourth-order valence-electron chi connectivity index (χ4n) is 4.30. The topological polar surface area (TPSA) is 146 Å². The molecular weight excluding hydrogens is 464 g/mol. The molecule has 1 saturated carbocycles. The molecule has 2 fully saturated rings. The molecule has 1 aromatic rings. The van der Waals surface area contributed by atoms with Crippen LogP contribution in [0.15, 0.2) is 30.3 Å². The summed E-state index contributed by atoms with van der Waals surface area (Å²) in [6, 6.07) is 6.94. The molecule has 1 saturated heterocycles. The zero-order valence-corrected chi connectivity index (χ0v) is 21.0. The van der Waals surface area contributed by atoms with Crippen LogP contribution in [-0.2, 0) is 25.7 Å². The third-order valence-electron chi connectivity index (χ3n) is 6.63. The lowest BCUT2D eigenvalue weighted by Crippen LogP contribution is -2.56. The van der Waals surface area contributed by atoms with E-state index in [9.17, 15) is 24.3 Å². The number of amides is 4. The van der Waals surface area contributed by atoms with E-state index in [1.165, 1.54) is 0 Å². The Hall–Kier alpha value is -3.14. The average molecular weight is 503 g/mol. The van der Waals surface area contributed by atoms with Crippen LogP contribution in [0.25, 0.3) is 0 Å². The van der Waals surface area contributed by atoms with Crippen molar-refractivity contribution >= 4 is 23.8 Å². The molecule has 2 aliphatic rings. The first-order valence-corrected chi connectivity index (χ1v) is 12.7. The number of hydrogen-bond donors (Lipinski definition) is 5. The molecule has 3 rings (SSSR count). The predicted molar refractivity (Wildman–Crippen MR) is 132 cm³/mol. The number of benzene rings is 1. The highest BCUT2D eigenvalue weighted by atomic mass is 16.5. The zero-order valence-electron chi connectivity index (χ0n) is 21.0. The number of rotatable bonds is 13. The van der Waals surface area contributed by atoms with Crippen molar-refractivity contribution in [1.82, 2.24) is 21.3 Å². The number of hydrogen-bond acceptors (Lipinski definition) is 6. The van der Waals surface area contributed by atoms with Gasteiger partial charge in [-0.1, -0.05) is 57.0 Å². The second kappa shape index (κ2) is 13.2. The van der Waals surface area contributed by atoms with E-state index in [1.54, 1.807) is 13.8 Å². The molecule has 198 valence electrons. The molecule has 1 aromatic carbocycles. The van der Waals surface area contributed by atoms with Gasteiger partial charge in [-0.3, -0.25) is 14.4 Å². The SMILES string of the molecule is CC(C)[C@H](NC(=O)OCc1ccccc1)C(=O)N[C@@H](CC1CC1)C(=O)N[C@H](CO)C[C@@H]1CCNC1=O. The molecule has 5 N–H and O–H groups in total. The first kappa shape index (κ1) is 27.4. The fourth-order valence-corrected chi connectivity index (χ4v) is 4.30. The van der Waals surface area contributed by atoms with E-state index in [0.717, 1.165) is 18.4 Å². The van der Waals surface area contributed by atoms with Gasteiger partial charge < -0.3 is 31.1 Å². The Morgan fingerprint density at radius 3 is 2.33 bits per heavy atom. The maximum atomic E-state index is 13.1. The molecule has 1 aliphatic heterocycles. The van der Waals surface area contributed by atoms with E-state index >= 15 is 0 Å². The average Bonchev–Trinajstić information content (AvgIpc) is 3.59. The molecule has 0 bridgehead atoms. The maximum absolute atomic E-state index is 13.1. The van der Waals surface area contributed by atoms with Crippen molar-refractivity contribution in [3.63, 3.8) is 0 Å². The Morgan fingerprint density at radius 2 is 1.75 bits per heavy atom. The summed E-state index contributed by atoms with van der Waals surface area (Å²) in [4.78, 5) is 50.5. The lowest BCUT2D eigenvalue weighted by atomic mass is 9.98. The van der Waals surface area contributed by atoms with Gasteiger partial charge in [-0.2, -0.15) is 0 Å². The van der Waals surface area contributed by atoms with Crippen LogP contribution >= 0.6 is 0 Å². The number of carbonyl (C=O) groups excluding carboxylic acids is 4. The second-order valence-electron chi connectivity index (χ2n) is 10.1. The van der Waals surface area contributed by atoms with Crippen molar-refractivity contribution in [2.24, 2.45) is 17.8 Å². The summed E-state index contributed by atoms with van der Waals surface area (Å²) < 4.78 is 5.26. The van der Waals surface area contributed by atoms with Crippen LogP contribution in [0.1, 0.15) is 51.5 Å². The lowest BCUT2D eigenvalue weighted by Gasteiger charge is -2.27. The van der Waals surface area contributed by atoms with E-state index in [1.807, 2.05) is 30.3 Å². The van der Waals surface area contributed by atoms with E-state index in [4.69, 9.17) is 4.74 Å². The minimum atomic E-state index is -0.890. The molecule has 36 heavy (non-hydrogen) atoms. The minimum Gasteiger partial charge on any atom is -0.445 e. The molecule has 1 heterocycles. The third-order valence-corrected chi connectivity index (χ3v) is 6.63. The van der Waals surface area contributed by atoms with Gasteiger partial charge >= 0.3 is 6.09 Å². The van der Waals surface area contributed by atoms with Gasteiger partial charge in [0.15, 0.2) is 0 Å². The number of alkyl carbamates (subject to hydrolysis) is 1. The van der Waals surface area contributed by atoms with E-state index in [-0.39, 0.29) is 31.0 Å². The third kappa shape index (κ3) is 8.51. The largest absolute Gasteiger partial charge is 0.445 e. The van der Waals surface area contributed by atoms with Crippen LogP contribution in [0.5, 0.6) is 0 Å². The van der Waals surface area contributed by atoms with Gasteiger partial charge in [0.2, 0.25) is 17.7 Å². The molecule has 10 heteroatoms. The molecule has 0 aromatic heterocycles. The van der Waals surface area contributed by atoms with Gasteiger partial charge in [0, 0.05) is 12.5 Å². The van der Waals surface area contributed by atoms with E-state index in [2.05, 4.69) is 21.3 Å². The highest BCUT2D eigenvalue weighted by Gasteiger charge is 2.35. The van der Waals surface area contributed by atoms with Crippen LogP contribution in [0, 0.1) is 17.8 Å².